The number of nitrogens with one attached hydrogen (secondary N) is 1. The number of carbonyl (C=O) groups excluding carboxylic acids is 1. The average molecular weight is 288 g/mol. The molecule has 1 aromatic carbocycles. The van der Waals surface area contributed by atoms with Crippen LogP contribution in [0, 0.1) is 5.92 Å². The smallest absolute Gasteiger partial charge is 0.387 e. The van der Waals surface area contributed by atoms with Gasteiger partial charge in [-0.05, 0) is 18.6 Å². The Morgan fingerprint density at radius 2 is 2.11 bits per heavy atom. The second-order valence-electron chi connectivity index (χ2n) is 3.73. The molecule has 0 aliphatic heterocycles. The van der Waals surface area contributed by atoms with E-state index in [1.54, 1.807) is 13.0 Å². The van der Waals surface area contributed by atoms with Crippen LogP contribution in [0.2, 0.25) is 0 Å². The molecule has 0 aliphatic carbocycles. The first-order chi connectivity index (χ1) is 8.95. The van der Waals surface area contributed by atoms with Crippen molar-refractivity contribution in [2.24, 2.45) is 11.7 Å². The number of carbonyl (C=O) groups is 1. The van der Waals surface area contributed by atoms with E-state index < -0.39 is 18.4 Å². The lowest BCUT2D eigenvalue weighted by atomic mass is 10.1. The average Bonchev–Trinajstić information content (AvgIpc) is 2.31. The predicted octanol–water partition coefficient (Wildman–Crippen LogP) is 2.54. The maximum absolute atomic E-state index is 12.2. The Morgan fingerprint density at radius 1 is 1.47 bits per heavy atom. The van der Waals surface area contributed by atoms with Gasteiger partial charge in [-0.2, -0.15) is 8.78 Å². The summed E-state index contributed by atoms with van der Waals surface area (Å²) in [5, 5.41) is 2.48. The van der Waals surface area contributed by atoms with Crippen molar-refractivity contribution in [3.8, 4) is 5.75 Å². The molecule has 0 aromatic heterocycles. The molecule has 0 saturated heterocycles. The van der Waals surface area contributed by atoms with Gasteiger partial charge < -0.3 is 15.8 Å². The number of thiocarbonyl (C=S) groups is 1. The Kier molecular flexibility index (Phi) is 5.62. The fraction of sp³-hybridized carbons (Fsp3) is 0.333. The number of para-hydroxylation sites is 2. The number of benzene rings is 1. The molecular formula is C12H14F2N2O2S. The molecule has 0 aliphatic rings. The number of rotatable bonds is 6. The van der Waals surface area contributed by atoms with Crippen LogP contribution in [0.15, 0.2) is 24.3 Å². The highest BCUT2D eigenvalue weighted by Gasteiger charge is 2.20. The van der Waals surface area contributed by atoms with Crippen LogP contribution in [-0.2, 0) is 4.79 Å². The minimum absolute atomic E-state index is 0.0623. The zero-order chi connectivity index (χ0) is 14.4. The van der Waals surface area contributed by atoms with Gasteiger partial charge in [0.05, 0.1) is 16.6 Å². The van der Waals surface area contributed by atoms with E-state index in [0.29, 0.717) is 6.42 Å². The van der Waals surface area contributed by atoms with Gasteiger partial charge in [-0.1, -0.05) is 31.3 Å². The standard InChI is InChI=1S/C12H14F2N2O2S/c1-2-7(10(15)19)11(17)16-8-5-3-4-6-9(8)18-12(13)14/h3-7,12H,2H2,1H3,(H2,15,19)(H,16,17). The number of alkyl halides is 2. The van der Waals surface area contributed by atoms with E-state index in [4.69, 9.17) is 18.0 Å². The summed E-state index contributed by atoms with van der Waals surface area (Å²) in [4.78, 5) is 12.0. The Bertz CT molecular complexity index is 469. The third-order valence-corrected chi connectivity index (χ3v) is 2.71. The van der Waals surface area contributed by atoms with Crippen LogP contribution in [0.25, 0.3) is 0 Å². The summed E-state index contributed by atoms with van der Waals surface area (Å²) in [5.74, 6) is -1.20. The molecule has 3 N–H and O–H groups in total. The number of hydrogen-bond donors (Lipinski definition) is 2. The molecule has 0 spiro atoms. The Balaban J connectivity index is 2.87. The van der Waals surface area contributed by atoms with Crippen molar-refractivity contribution >= 4 is 28.8 Å². The van der Waals surface area contributed by atoms with Crippen LogP contribution in [0.5, 0.6) is 5.75 Å². The van der Waals surface area contributed by atoms with Gasteiger partial charge in [0, 0.05) is 0 Å². The molecule has 1 amide bonds. The summed E-state index contributed by atoms with van der Waals surface area (Å²) in [6.45, 7) is -1.21. The second kappa shape index (κ2) is 6.98. The predicted molar refractivity (Wildman–Crippen MR) is 72.3 cm³/mol. The summed E-state index contributed by atoms with van der Waals surface area (Å²) >= 11 is 4.78. The van der Waals surface area contributed by atoms with Crippen molar-refractivity contribution in [2.45, 2.75) is 20.0 Å². The fourth-order valence-electron chi connectivity index (χ4n) is 1.50. The summed E-state index contributed by atoms with van der Waals surface area (Å²) in [7, 11) is 0. The first kappa shape index (κ1) is 15.3. The van der Waals surface area contributed by atoms with Gasteiger partial charge in [-0.15, -0.1) is 0 Å². The van der Waals surface area contributed by atoms with Crippen LogP contribution in [0.1, 0.15) is 13.3 Å². The lowest BCUT2D eigenvalue weighted by Crippen LogP contribution is -2.32. The van der Waals surface area contributed by atoms with E-state index in [9.17, 15) is 13.6 Å². The Labute approximate surface area is 114 Å². The zero-order valence-corrected chi connectivity index (χ0v) is 11.0. The van der Waals surface area contributed by atoms with Crippen molar-refractivity contribution in [1.29, 1.82) is 0 Å². The van der Waals surface area contributed by atoms with Crippen molar-refractivity contribution in [3.05, 3.63) is 24.3 Å². The first-order valence-corrected chi connectivity index (χ1v) is 6.00. The third kappa shape index (κ3) is 4.44. The van der Waals surface area contributed by atoms with Crippen LogP contribution in [0.4, 0.5) is 14.5 Å². The molecule has 0 fully saturated rings. The maximum atomic E-state index is 12.2. The number of halogens is 2. The van der Waals surface area contributed by atoms with Gasteiger partial charge in [0.25, 0.3) is 0 Å². The normalized spacial score (nSPS) is 12.0. The third-order valence-electron chi connectivity index (χ3n) is 2.43. The lowest BCUT2D eigenvalue weighted by Gasteiger charge is -2.15. The lowest BCUT2D eigenvalue weighted by molar-refractivity contribution is -0.118. The molecule has 1 unspecified atom stereocenters. The summed E-state index contributed by atoms with van der Waals surface area (Å²) in [6, 6.07) is 5.92. The molecule has 19 heavy (non-hydrogen) atoms. The van der Waals surface area contributed by atoms with Gasteiger partial charge in [0.1, 0.15) is 5.75 Å². The quantitative estimate of drug-likeness (QED) is 0.790. The summed E-state index contributed by atoms with van der Waals surface area (Å²) in [5.41, 5.74) is 5.60. The number of nitrogens with two attached hydrogens (primary N) is 1. The van der Waals surface area contributed by atoms with Crippen LogP contribution < -0.4 is 15.8 Å². The SMILES string of the molecule is CCC(C(=O)Nc1ccccc1OC(F)F)C(N)=S. The highest BCUT2D eigenvalue weighted by Crippen LogP contribution is 2.26. The fourth-order valence-corrected chi connectivity index (χ4v) is 1.78. The largest absolute Gasteiger partial charge is 0.433 e. The van der Waals surface area contributed by atoms with Gasteiger partial charge in [-0.3, -0.25) is 4.79 Å². The summed E-state index contributed by atoms with van der Waals surface area (Å²) in [6.07, 6.45) is 0.430. The molecule has 0 heterocycles. The molecule has 1 atom stereocenters. The van der Waals surface area contributed by atoms with Gasteiger partial charge in [0.2, 0.25) is 5.91 Å². The van der Waals surface area contributed by atoms with Gasteiger partial charge >= 0.3 is 6.61 Å². The van der Waals surface area contributed by atoms with Crippen molar-refractivity contribution in [3.63, 3.8) is 0 Å². The van der Waals surface area contributed by atoms with Crippen molar-refractivity contribution < 1.29 is 18.3 Å². The number of hydrogen-bond acceptors (Lipinski definition) is 3. The minimum Gasteiger partial charge on any atom is -0.433 e. The molecule has 104 valence electrons. The topological polar surface area (TPSA) is 64.3 Å². The molecule has 7 heteroatoms. The zero-order valence-electron chi connectivity index (χ0n) is 10.2. The Hall–Kier alpha value is -1.76. The van der Waals surface area contributed by atoms with E-state index >= 15 is 0 Å². The van der Waals surface area contributed by atoms with Crippen molar-refractivity contribution in [2.75, 3.05) is 5.32 Å². The molecule has 1 aromatic rings. The number of ether oxygens (including phenoxy) is 1. The van der Waals surface area contributed by atoms with E-state index in [-0.39, 0.29) is 16.4 Å². The highest BCUT2D eigenvalue weighted by atomic mass is 32.1. The molecule has 1 rings (SSSR count). The molecule has 0 saturated carbocycles. The van der Waals surface area contributed by atoms with E-state index in [0.717, 1.165) is 0 Å². The first-order valence-electron chi connectivity index (χ1n) is 5.59. The Morgan fingerprint density at radius 3 is 2.63 bits per heavy atom. The van der Waals surface area contributed by atoms with Gasteiger partial charge in [0.15, 0.2) is 0 Å². The molecule has 4 nitrogen and oxygen atoms in total. The molecular weight excluding hydrogens is 274 g/mol. The van der Waals surface area contributed by atoms with Crippen LogP contribution in [0.3, 0.4) is 0 Å². The van der Waals surface area contributed by atoms with Crippen LogP contribution in [-0.4, -0.2) is 17.5 Å². The van der Waals surface area contributed by atoms with Crippen LogP contribution >= 0.6 is 12.2 Å². The van der Waals surface area contributed by atoms with Gasteiger partial charge in [-0.25, -0.2) is 0 Å². The maximum Gasteiger partial charge on any atom is 0.387 e. The molecule has 0 radical (unpaired) electrons. The number of anilines is 1. The van der Waals surface area contributed by atoms with E-state index in [1.807, 2.05) is 0 Å². The van der Waals surface area contributed by atoms with E-state index in [2.05, 4.69) is 10.1 Å². The van der Waals surface area contributed by atoms with E-state index in [1.165, 1.54) is 18.2 Å². The highest BCUT2D eigenvalue weighted by molar-refractivity contribution is 7.80. The molecule has 0 bridgehead atoms. The minimum atomic E-state index is -2.96. The summed E-state index contributed by atoms with van der Waals surface area (Å²) < 4.78 is 28.7. The number of amides is 1. The second-order valence-corrected chi connectivity index (χ2v) is 4.20. The monoisotopic (exact) mass is 288 g/mol. The van der Waals surface area contributed by atoms with Crippen molar-refractivity contribution in [1.82, 2.24) is 0 Å².